The fourth-order valence-corrected chi connectivity index (χ4v) is 26.1. The molecule has 0 rings (SSSR count). The number of rotatable bonds is 10. The molecule has 0 bridgehead atoms. The molecular formula is C14H40O4Si5. The van der Waals surface area contributed by atoms with Gasteiger partial charge in [-0.3, -0.25) is 0 Å². The third-order valence-corrected chi connectivity index (χ3v) is 20.9. The summed E-state index contributed by atoms with van der Waals surface area (Å²) in [6, 6.07) is 1.95. The predicted octanol–water partition coefficient (Wildman–Crippen LogP) is 5.61. The average molecular weight is 413 g/mol. The average Bonchev–Trinajstić information content (AvgIpc) is 2.20. The third kappa shape index (κ3) is 10.5. The summed E-state index contributed by atoms with van der Waals surface area (Å²) in [5.74, 6) is 0. The zero-order chi connectivity index (χ0) is 18.7. The van der Waals surface area contributed by atoms with E-state index in [0.717, 1.165) is 12.1 Å². The Bertz CT molecular complexity index is 370. The van der Waals surface area contributed by atoms with E-state index in [1.54, 1.807) is 0 Å². The first-order valence-corrected chi connectivity index (χ1v) is 23.4. The zero-order valence-corrected chi connectivity index (χ0v) is 22.5. The van der Waals surface area contributed by atoms with Gasteiger partial charge in [0.15, 0.2) is 16.6 Å². The van der Waals surface area contributed by atoms with Crippen molar-refractivity contribution in [3.05, 3.63) is 0 Å². The summed E-state index contributed by atoms with van der Waals surface area (Å²) in [6.07, 6.45) is 0. The summed E-state index contributed by atoms with van der Waals surface area (Å²) < 4.78 is 26.1. The Morgan fingerprint density at radius 1 is 0.478 bits per heavy atom. The Morgan fingerprint density at radius 3 is 1.13 bits per heavy atom. The van der Waals surface area contributed by atoms with Crippen molar-refractivity contribution in [2.45, 2.75) is 91.4 Å². The minimum absolute atomic E-state index is 0.977. The van der Waals surface area contributed by atoms with Gasteiger partial charge >= 0.3 is 25.7 Å². The van der Waals surface area contributed by atoms with Gasteiger partial charge in [-0.05, 0) is 77.6 Å². The molecule has 4 nitrogen and oxygen atoms in total. The molecule has 0 amide bonds. The number of hydrogen-bond acceptors (Lipinski definition) is 4. The van der Waals surface area contributed by atoms with Crippen molar-refractivity contribution in [1.29, 1.82) is 0 Å². The van der Waals surface area contributed by atoms with Crippen LogP contribution < -0.4 is 0 Å². The van der Waals surface area contributed by atoms with Crippen LogP contribution in [0.3, 0.4) is 0 Å². The van der Waals surface area contributed by atoms with E-state index >= 15 is 0 Å². The lowest BCUT2D eigenvalue weighted by Crippen LogP contribution is -2.59. The Labute approximate surface area is 150 Å². The molecule has 0 fully saturated rings. The fraction of sp³-hybridized carbons (Fsp3) is 1.00. The molecular weight excluding hydrogens is 373 g/mol. The fourth-order valence-electron chi connectivity index (χ4n) is 2.94. The first kappa shape index (κ1) is 23.9. The Kier molecular flexibility index (Phi) is 8.41. The van der Waals surface area contributed by atoms with Gasteiger partial charge in [0.25, 0.3) is 0 Å². The van der Waals surface area contributed by atoms with Crippen LogP contribution in [-0.4, -0.2) is 42.3 Å². The van der Waals surface area contributed by atoms with Gasteiger partial charge in [-0.15, -0.1) is 0 Å². The third-order valence-electron chi connectivity index (χ3n) is 3.04. The highest BCUT2D eigenvalue weighted by Gasteiger charge is 2.47. The van der Waals surface area contributed by atoms with Gasteiger partial charge < -0.3 is 16.5 Å². The standard InChI is InChI=1S/C14H40O4Si5/c1-13-23(14-2,16-20(6,7)8)18-22(11,12)17-21(9,10)15-19(3,4)5/h13-14H2,1-12H3. The van der Waals surface area contributed by atoms with E-state index in [1.807, 2.05) is 0 Å². The highest BCUT2D eigenvalue weighted by Crippen LogP contribution is 2.30. The van der Waals surface area contributed by atoms with Gasteiger partial charge in [0, 0.05) is 0 Å². The molecule has 0 spiro atoms. The van der Waals surface area contributed by atoms with Gasteiger partial charge in [-0.25, -0.2) is 0 Å². The van der Waals surface area contributed by atoms with Crippen LogP contribution in [0.5, 0.6) is 0 Å². The van der Waals surface area contributed by atoms with Crippen LogP contribution >= 0.6 is 0 Å². The van der Waals surface area contributed by atoms with Crippen LogP contribution in [0.15, 0.2) is 0 Å². The van der Waals surface area contributed by atoms with E-state index in [0.29, 0.717) is 0 Å². The molecule has 0 aliphatic heterocycles. The van der Waals surface area contributed by atoms with Crippen LogP contribution in [0.1, 0.15) is 13.8 Å². The maximum atomic E-state index is 6.69. The Morgan fingerprint density at radius 2 is 0.826 bits per heavy atom. The monoisotopic (exact) mass is 412 g/mol. The summed E-state index contributed by atoms with van der Waals surface area (Å²) in [5, 5.41) is 0. The largest absolute Gasteiger partial charge is 0.437 e. The summed E-state index contributed by atoms with van der Waals surface area (Å²) in [6.45, 7) is 26.3. The lowest BCUT2D eigenvalue weighted by atomic mass is 10.9. The molecule has 0 atom stereocenters. The summed E-state index contributed by atoms with van der Waals surface area (Å²) in [4.78, 5) is 0. The summed E-state index contributed by atoms with van der Waals surface area (Å²) in [5.41, 5.74) is 0. The highest BCUT2D eigenvalue weighted by molar-refractivity contribution is 6.90. The SMILES string of the molecule is CC[Si](CC)(O[Si](C)(C)C)O[Si](C)(C)O[Si](C)(C)O[Si](C)(C)C. The molecule has 9 heteroatoms. The molecule has 0 aliphatic rings. The molecule has 0 saturated carbocycles. The molecule has 0 aromatic heterocycles. The molecule has 0 N–H and O–H groups in total. The van der Waals surface area contributed by atoms with E-state index < -0.39 is 42.3 Å². The van der Waals surface area contributed by atoms with Gasteiger partial charge in [0.05, 0.1) is 0 Å². The van der Waals surface area contributed by atoms with Gasteiger partial charge in [0.2, 0.25) is 0 Å². The van der Waals surface area contributed by atoms with Crippen LogP contribution in [0, 0.1) is 0 Å². The van der Waals surface area contributed by atoms with Crippen LogP contribution in [-0.2, 0) is 16.5 Å². The molecule has 0 aromatic carbocycles. The molecule has 23 heavy (non-hydrogen) atoms. The maximum Gasteiger partial charge on any atom is 0.318 e. The molecule has 140 valence electrons. The van der Waals surface area contributed by atoms with E-state index in [1.165, 1.54) is 0 Å². The van der Waals surface area contributed by atoms with Gasteiger partial charge in [0.1, 0.15) is 0 Å². The highest BCUT2D eigenvalue weighted by atomic mass is 28.5. The van der Waals surface area contributed by atoms with Crippen molar-refractivity contribution in [1.82, 2.24) is 0 Å². The molecule has 0 heterocycles. The van der Waals surface area contributed by atoms with Crippen molar-refractivity contribution in [3.63, 3.8) is 0 Å². The van der Waals surface area contributed by atoms with Gasteiger partial charge in [-0.2, -0.15) is 0 Å². The van der Waals surface area contributed by atoms with Crippen molar-refractivity contribution < 1.29 is 16.5 Å². The normalized spacial score (nSPS) is 15.1. The zero-order valence-electron chi connectivity index (χ0n) is 17.5. The summed E-state index contributed by atoms with van der Waals surface area (Å²) in [7, 11) is -9.93. The van der Waals surface area contributed by atoms with E-state index in [-0.39, 0.29) is 0 Å². The van der Waals surface area contributed by atoms with Crippen LogP contribution in [0.25, 0.3) is 0 Å². The molecule has 0 saturated heterocycles. The van der Waals surface area contributed by atoms with Crippen LogP contribution in [0.2, 0.25) is 77.6 Å². The smallest absolute Gasteiger partial charge is 0.318 e. The topological polar surface area (TPSA) is 36.9 Å². The molecule has 0 aliphatic carbocycles. The summed E-state index contributed by atoms with van der Waals surface area (Å²) >= 11 is 0. The first-order valence-electron chi connectivity index (χ1n) is 8.75. The van der Waals surface area contributed by atoms with E-state index in [2.05, 4.69) is 79.3 Å². The maximum absolute atomic E-state index is 6.69. The minimum Gasteiger partial charge on any atom is -0.437 e. The second-order valence-corrected chi connectivity index (χ2v) is 29.6. The lowest BCUT2D eigenvalue weighted by molar-refractivity contribution is 0.292. The second-order valence-electron chi connectivity index (χ2n) is 9.05. The molecule has 0 radical (unpaired) electrons. The van der Waals surface area contributed by atoms with Crippen LogP contribution in [0.4, 0.5) is 0 Å². The second kappa shape index (κ2) is 8.08. The Hall–Kier alpha value is 0.924. The van der Waals surface area contributed by atoms with E-state index in [9.17, 15) is 0 Å². The van der Waals surface area contributed by atoms with Crippen molar-refractivity contribution in [3.8, 4) is 0 Å². The quantitative estimate of drug-likeness (QED) is 0.437. The molecule has 0 aromatic rings. The number of hydrogen-bond donors (Lipinski definition) is 0. The first-order chi connectivity index (χ1) is 9.95. The lowest BCUT2D eigenvalue weighted by Gasteiger charge is -2.43. The Balaban J connectivity index is 5.18. The predicted molar refractivity (Wildman–Crippen MR) is 113 cm³/mol. The van der Waals surface area contributed by atoms with E-state index in [4.69, 9.17) is 16.5 Å². The van der Waals surface area contributed by atoms with Crippen molar-refractivity contribution in [2.75, 3.05) is 0 Å². The van der Waals surface area contributed by atoms with Crippen molar-refractivity contribution >= 4 is 42.3 Å². The van der Waals surface area contributed by atoms with Crippen molar-refractivity contribution in [2.24, 2.45) is 0 Å². The minimum atomic E-state index is -2.30. The molecule has 0 unspecified atom stereocenters. The van der Waals surface area contributed by atoms with Gasteiger partial charge in [-0.1, -0.05) is 13.8 Å².